The molecule has 7 nitrogen and oxygen atoms in total. The van der Waals surface area contributed by atoms with Gasteiger partial charge in [0.05, 0.1) is 28.2 Å². The lowest BCUT2D eigenvalue weighted by Crippen LogP contribution is -2.26. The highest BCUT2D eigenvalue weighted by molar-refractivity contribution is 7.90. The Morgan fingerprint density at radius 2 is 1.73 bits per heavy atom. The molecule has 11 heteroatoms. The smallest absolute Gasteiger partial charge is 0.296 e. The zero-order chi connectivity index (χ0) is 26.3. The number of hydrogen-bond acceptors (Lipinski definition) is 4. The first-order chi connectivity index (χ1) is 17.7. The van der Waals surface area contributed by atoms with Crippen LogP contribution < -0.4 is 5.69 Å². The molecule has 5 rings (SSSR count). The van der Waals surface area contributed by atoms with Crippen LogP contribution in [0.1, 0.15) is 23.9 Å². The monoisotopic (exact) mass is 558 g/mol. The van der Waals surface area contributed by atoms with E-state index in [2.05, 4.69) is 4.98 Å². The molecule has 0 saturated carbocycles. The van der Waals surface area contributed by atoms with Crippen molar-refractivity contribution in [3.05, 3.63) is 116 Å². The van der Waals surface area contributed by atoms with E-state index in [1.165, 1.54) is 28.8 Å². The van der Waals surface area contributed by atoms with Crippen LogP contribution in [-0.2, 0) is 29.5 Å². The highest BCUT2D eigenvalue weighted by atomic mass is 35.5. The molecular formula is C26H21Cl2FN4O3S. The first-order valence-electron chi connectivity index (χ1n) is 11.4. The summed E-state index contributed by atoms with van der Waals surface area (Å²) in [4.78, 5) is 17.2. The lowest BCUT2D eigenvalue weighted by atomic mass is 10.1. The van der Waals surface area contributed by atoms with Gasteiger partial charge in [-0.1, -0.05) is 47.5 Å². The van der Waals surface area contributed by atoms with Gasteiger partial charge in [0.1, 0.15) is 0 Å². The number of pyridine rings is 1. The van der Waals surface area contributed by atoms with E-state index >= 15 is 0 Å². The Kier molecular flexibility index (Phi) is 6.70. The molecule has 0 amide bonds. The maximum atomic E-state index is 13.9. The highest BCUT2D eigenvalue weighted by Crippen LogP contribution is 2.27. The van der Waals surface area contributed by atoms with Gasteiger partial charge in [-0.25, -0.2) is 22.2 Å². The van der Waals surface area contributed by atoms with Crippen LogP contribution in [0.25, 0.3) is 11.0 Å². The molecular weight excluding hydrogens is 538 g/mol. The lowest BCUT2D eigenvalue weighted by Gasteiger charge is -2.12. The van der Waals surface area contributed by atoms with Crippen LogP contribution in [0.15, 0.2) is 82.6 Å². The third-order valence-corrected chi connectivity index (χ3v) is 8.46. The number of halogens is 3. The van der Waals surface area contributed by atoms with E-state index in [0.29, 0.717) is 28.7 Å². The van der Waals surface area contributed by atoms with E-state index < -0.39 is 16.0 Å². The molecule has 0 aliphatic rings. The number of imidazole rings is 1. The summed E-state index contributed by atoms with van der Waals surface area (Å²) in [6.45, 7) is 2.18. The number of hydrogen-bond donors (Lipinski definition) is 0. The van der Waals surface area contributed by atoms with Crippen molar-refractivity contribution in [3.8, 4) is 0 Å². The van der Waals surface area contributed by atoms with Crippen LogP contribution >= 0.6 is 23.2 Å². The van der Waals surface area contributed by atoms with Crippen molar-refractivity contribution in [2.24, 2.45) is 0 Å². The molecule has 37 heavy (non-hydrogen) atoms. The highest BCUT2D eigenvalue weighted by Gasteiger charge is 2.25. The average molecular weight is 559 g/mol. The summed E-state index contributed by atoms with van der Waals surface area (Å²) in [5.41, 5.74) is 1.85. The van der Waals surface area contributed by atoms with Crippen LogP contribution in [0.2, 0.25) is 10.0 Å². The summed E-state index contributed by atoms with van der Waals surface area (Å²) in [5.74, 6) is -0.732. The predicted molar refractivity (Wildman–Crippen MR) is 141 cm³/mol. The third-order valence-electron chi connectivity index (χ3n) is 6.10. The van der Waals surface area contributed by atoms with Crippen molar-refractivity contribution in [1.29, 1.82) is 0 Å². The van der Waals surface area contributed by atoms with Gasteiger partial charge in [0, 0.05) is 34.9 Å². The summed E-state index contributed by atoms with van der Waals surface area (Å²) in [7, 11) is -4.06. The van der Waals surface area contributed by atoms with Gasteiger partial charge in [0.2, 0.25) is 5.95 Å². The molecule has 0 bridgehead atoms. The molecule has 0 spiro atoms. The summed E-state index contributed by atoms with van der Waals surface area (Å²) < 4.78 is 45.4. The number of aromatic nitrogens is 4. The molecule has 2 aromatic carbocycles. The maximum Gasteiger partial charge on any atom is 0.328 e. The van der Waals surface area contributed by atoms with Gasteiger partial charge in [-0.3, -0.25) is 9.13 Å². The van der Waals surface area contributed by atoms with E-state index in [1.54, 1.807) is 47.2 Å². The van der Waals surface area contributed by atoms with Gasteiger partial charge >= 0.3 is 5.69 Å². The summed E-state index contributed by atoms with van der Waals surface area (Å²) >= 11 is 12.4. The molecule has 0 N–H and O–H groups in total. The van der Waals surface area contributed by atoms with Gasteiger partial charge in [0.25, 0.3) is 10.0 Å². The minimum Gasteiger partial charge on any atom is -0.296 e. The quantitative estimate of drug-likeness (QED) is 0.252. The fourth-order valence-corrected chi connectivity index (χ4v) is 6.41. The normalized spacial score (nSPS) is 11.9. The SMILES string of the molecule is CCn1c(Cc2ccc(Cl)cc2Cl)cn(Cc2cc3nc(F)ccc3n2S(=O)(=O)c2ccccc2)c1=O. The fraction of sp³-hybridized carbons (Fsp3) is 0.154. The standard InChI is InChI=1S/C26H21Cl2FN4O3S/c1-2-32-19(12-17-8-9-18(27)13-22(17)28)15-31(26(32)34)16-20-14-23-24(10-11-25(29)30-23)33(20)37(35,36)21-6-4-3-5-7-21/h3-11,13-15H,2,12,16H2,1H3. The zero-order valence-corrected chi connectivity index (χ0v) is 21.9. The van der Waals surface area contributed by atoms with E-state index in [9.17, 15) is 17.6 Å². The Morgan fingerprint density at radius 1 is 0.973 bits per heavy atom. The maximum absolute atomic E-state index is 13.9. The van der Waals surface area contributed by atoms with E-state index in [0.717, 1.165) is 15.6 Å². The van der Waals surface area contributed by atoms with Crippen molar-refractivity contribution < 1.29 is 12.8 Å². The van der Waals surface area contributed by atoms with Gasteiger partial charge < -0.3 is 0 Å². The Bertz CT molecular complexity index is 1790. The third kappa shape index (κ3) is 4.70. The molecule has 0 aliphatic carbocycles. The van der Waals surface area contributed by atoms with Crippen molar-refractivity contribution >= 4 is 44.3 Å². The molecule has 3 aromatic heterocycles. The van der Waals surface area contributed by atoms with Crippen LogP contribution in [0, 0.1) is 5.95 Å². The lowest BCUT2D eigenvalue weighted by molar-refractivity contribution is 0.582. The number of nitrogens with zero attached hydrogens (tertiary/aromatic N) is 4. The number of benzene rings is 2. The fourth-order valence-electron chi connectivity index (χ4n) is 4.39. The van der Waals surface area contributed by atoms with E-state index in [4.69, 9.17) is 23.2 Å². The van der Waals surface area contributed by atoms with E-state index in [1.807, 2.05) is 6.92 Å². The van der Waals surface area contributed by atoms with Gasteiger partial charge in [-0.2, -0.15) is 4.39 Å². The Balaban J connectivity index is 1.62. The van der Waals surface area contributed by atoms with Crippen molar-refractivity contribution in [2.75, 3.05) is 0 Å². The average Bonchev–Trinajstić information content (AvgIpc) is 3.37. The summed E-state index contributed by atoms with van der Waals surface area (Å²) in [6, 6.07) is 17.1. The molecule has 0 aliphatic heterocycles. The Labute approximate surface area is 222 Å². The van der Waals surface area contributed by atoms with Crippen LogP contribution in [-0.4, -0.2) is 26.5 Å². The Hall–Kier alpha value is -3.40. The summed E-state index contributed by atoms with van der Waals surface area (Å²) in [6.07, 6.45) is 2.06. The van der Waals surface area contributed by atoms with Crippen molar-refractivity contribution in [1.82, 2.24) is 18.1 Å². The van der Waals surface area contributed by atoms with E-state index in [-0.39, 0.29) is 33.9 Å². The number of fused-ring (bicyclic) bond motifs is 1. The molecule has 3 heterocycles. The second-order valence-electron chi connectivity index (χ2n) is 8.44. The first-order valence-corrected chi connectivity index (χ1v) is 13.6. The minimum absolute atomic E-state index is 0.0645. The molecule has 0 saturated heterocycles. The zero-order valence-electron chi connectivity index (χ0n) is 19.6. The van der Waals surface area contributed by atoms with Crippen LogP contribution in [0.3, 0.4) is 0 Å². The van der Waals surface area contributed by atoms with Gasteiger partial charge in [-0.05, 0) is 55.0 Å². The Morgan fingerprint density at radius 3 is 2.43 bits per heavy atom. The molecule has 0 radical (unpaired) electrons. The topological polar surface area (TPSA) is 78.9 Å². The van der Waals surface area contributed by atoms with Gasteiger partial charge in [0.15, 0.2) is 0 Å². The second-order valence-corrected chi connectivity index (χ2v) is 11.1. The molecule has 0 fully saturated rings. The van der Waals surface area contributed by atoms with Crippen molar-refractivity contribution in [3.63, 3.8) is 0 Å². The summed E-state index contributed by atoms with van der Waals surface area (Å²) in [5, 5.41) is 0.995. The van der Waals surface area contributed by atoms with Gasteiger partial charge in [-0.15, -0.1) is 0 Å². The van der Waals surface area contributed by atoms with Crippen molar-refractivity contribution in [2.45, 2.75) is 31.3 Å². The van der Waals surface area contributed by atoms with Crippen LogP contribution in [0.5, 0.6) is 0 Å². The molecule has 190 valence electrons. The molecule has 5 aromatic rings. The van der Waals surface area contributed by atoms with Crippen LogP contribution in [0.4, 0.5) is 4.39 Å². The molecule has 0 unspecified atom stereocenters. The second kappa shape index (κ2) is 9.81. The largest absolute Gasteiger partial charge is 0.328 e. The number of rotatable bonds is 7. The molecule has 0 atom stereocenters. The minimum atomic E-state index is -4.06. The predicted octanol–water partition coefficient (Wildman–Crippen LogP) is 5.34. The first kappa shape index (κ1) is 25.3.